The number of hydrogen-bond acceptors (Lipinski definition) is 3. The molecule has 21 heavy (non-hydrogen) atoms. The molecule has 0 amide bonds. The van der Waals surface area contributed by atoms with Gasteiger partial charge in [-0.15, -0.1) is 0 Å². The number of carbonyl (C=O) groups is 3. The number of rotatable bonds is 6. The first-order valence-corrected chi connectivity index (χ1v) is 8.39. The molecule has 116 valence electrons. The van der Waals surface area contributed by atoms with Crippen molar-refractivity contribution in [2.24, 2.45) is 29.1 Å². The van der Waals surface area contributed by atoms with Gasteiger partial charge in [-0.1, -0.05) is 0 Å². The van der Waals surface area contributed by atoms with E-state index in [9.17, 15) is 14.4 Å². The Hall–Kier alpha value is -0.990. The van der Waals surface area contributed by atoms with Gasteiger partial charge in [0, 0.05) is 12.8 Å². The lowest BCUT2D eigenvalue weighted by Gasteiger charge is -2.56. The lowest BCUT2D eigenvalue weighted by Crippen LogP contribution is -2.47. The summed E-state index contributed by atoms with van der Waals surface area (Å²) in [7, 11) is 0. The van der Waals surface area contributed by atoms with Gasteiger partial charge in [-0.3, -0.25) is 14.4 Å². The Morgan fingerprint density at radius 1 is 0.905 bits per heavy atom. The molecule has 0 aliphatic heterocycles. The normalized spacial score (nSPS) is 37.0. The van der Waals surface area contributed by atoms with Gasteiger partial charge in [0.25, 0.3) is 0 Å². The van der Waals surface area contributed by atoms with Crippen LogP contribution in [0.1, 0.15) is 65.2 Å². The molecule has 3 heteroatoms. The molecule has 4 rings (SSSR count). The third-order valence-corrected chi connectivity index (χ3v) is 6.15. The zero-order chi connectivity index (χ0) is 15.2. The highest BCUT2D eigenvalue weighted by Crippen LogP contribution is 2.61. The summed E-state index contributed by atoms with van der Waals surface area (Å²) in [6.07, 6.45) is 8.46. The van der Waals surface area contributed by atoms with Crippen LogP contribution in [-0.4, -0.2) is 17.3 Å². The molecule has 0 aromatic rings. The fraction of sp³-hybridized carbons (Fsp3) is 0.833. The van der Waals surface area contributed by atoms with Crippen molar-refractivity contribution in [3.05, 3.63) is 0 Å². The Morgan fingerprint density at radius 2 is 1.33 bits per heavy atom. The highest BCUT2D eigenvalue weighted by atomic mass is 16.2. The maximum absolute atomic E-state index is 12.4. The average Bonchev–Trinajstić information content (AvgIpc) is 2.32. The summed E-state index contributed by atoms with van der Waals surface area (Å²) in [5, 5.41) is 0. The van der Waals surface area contributed by atoms with Crippen molar-refractivity contribution in [1.82, 2.24) is 0 Å². The Bertz CT molecular complexity index is 428. The summed E-state index contributed by atoms with van der Waals surface area (Å²) in [5.41, 5.74) is 0.212. The van der Waals surface area contributed by atoms with Gasteiger partial charge >= 0.3 is 0 Å². The molecule has 0 aromatic carbocycles. The molecule has 0 aromatic heterocycles. The van der Waals surface area contributed by atoms with Crippen LogP contribution in [0.25, 0.3) is 0 Å². The third kappa shape index (κ3) is 2.97. The maximum Gasteiger partial charge on any atom is 0.140 e. The van der Waals surface area contributed by atoms with Crippen LogP contribution < -0.4 is 0 Å². The quantitative estimate of drug-likeness (QED) is 0.705. The van der Waals surface area contributed by atoms with Crippen LogP contribution in [0.2, 0.25) is 0 Å². The predicted octanol–water partition coefficient (Wildman–Crippen LogP) is 3.35. The third-order valence-electron chi connectivity index (χ3n) is 6.15. The molecule has 4 fully saturated rings. The van der Waals surface area contributed by atoms with Gasteiger partial charge in [-0.25, -0.2) is 0 Å². The summed E-state index contributed by atoms with van der Waals surface area (Å²) in [5.74, 6) is 1.60. The van der Waals surface area contributed by atoms with Crippen LogP contribution in [0, 0.1) is 29.1 Å². The zero-order valence-electron chi connectivity index (χ0n) is 13.2. The van der Waals surface area contributed by atoms with Crippen LogP contribution in [0.4, 0.5) is 0 Å². The molecular weight excluding hydrogens is 264 g/mol. The van der Waals surface area contributed by atoms with Crippen molar-refractivity contribution in [3.8, 4) is 0 Å². The average molecular weight is 290 g/mol. The van der Waals surface area contributed by atoms with E-state index in [0.29, 0.717) is 6.42 Å². The molecule has 0 N–H and O–H groups in total. The van der Waals surface area contributed by atoms with Crippen LogP contribution in [0.3, 0.4) is 0 Å². The van der Waals surface area contributed by atoms with E-state index in [1.54, 1.807) is 0 Å². The first-order valence-electron chi connectivity index (χ1n) is 8.39. The second-order valence-electron chi connectivity index (χ2n) is 8.11. The Balaban J connectivity index is 1.65. The second-order valence-corrected chi connectivity index (χ2v) is 8.11. The Kier molecular flexibility index (Phi) is 3.79. The van der Waals surface area contributed by atoms with Crippen LogP contribution in [-0.2, 0) is 14.4 Å². The van der Waals surface area contributed by atoms with E-state index in [1.807, 2.05) is 0 Å². The van der Waals surface area contributed by atoms with E-state index in [1.165, 1.54) is 52.4 Å². The highest BCUT2D eigenvalue weighted by Gasteiger charge is 2.51. The second kappa shape index (κ2) is 5.33. The summed E-state index contributed by atoms with van der Waals surface area (Å²) < 4.78 is 0. The zero-order valence-corrected chi connectivity index (χ0v) is 13.2. The molecule has 4 saturated carbocycles. The van der Waals surface area contributed by atoms with Crippen molar-refractivity contribution in [2.45, 2.75) is 65.2 Å². The first kappa shape index (κ1) is 14.9. The summed E-state index contributed by atoms with van der Waals surface area (Å²) in [6.45, 7) is 2.84. The molecule has 0 atom stereocenters. The summed E-state index contributed by atoms with van der Waals surface area (Å²) >= 11 is 0. The van der Waals surface area contributed by atoms with Crippen molar-refractivity contribution >= 4 is 17.3 Å². The number of hydrogen-bond donors (Lipinski definition) is 0. The minimum absolute atomic E-state index is 0.131. The van der Waals surface area contributed by atoms with Crippen LogP contribution in [0.15, 0.2) is 0 Å². The van der Waals surface area contributed by atoms with Gasteiger partial charge in [0.2, 0.25) is 0 Å². The predicted molar refractivity (Wildman–Crippen MR) is 79.7 cm³/mol. The molecular formula is C18H26O3. The van der Waals surface area contributed by atoms with E-state index in [0.717, 1.165) is 17.8 Å². The first-order chi connectivity index (χ1) is 9.87. The van der Waals surface area contributed by atoms with E-state index >= 15 is 0 Å². The summed E-state index contributed by atoms with van der Waals surface area (Å²) in [6, 6.07) is 0. The fourth-order valence-corrected chi connectivity index (χ4v) is 5.80. The van der Waals surface area contributed by atoms with Crippen LogP contribution >= 0.6 is 0 Å². The minimum Gasteiger partial charge on any atom is -0.300 e. The van der Waals surface area contributed by atoms with Gasteiger partial charge in [0.05, 0.1) is 5.92 Å². The van der Waals surface area contributed by atoms with Crippen molar-refractivity contribution in [3.63, 3.8) is 0 Å². The van der Waals surface area contributed by atoms with Gasteiger partial charge in [-0.2, -0.15) is 0 Å². The topological polar surface area (TPSA) is 51.2 Å². The molecule has 0 unspecified atom stereocenters. The lowest BCUT2D eigenvalue weighted by molar-refractivity contribution is -0.137. The number of carbonyl (C=O) groups excluding carboxylic acids is 3. The molecule has 4 aliphatic rings. The van der Waals surface area contributed by atoms with Gasteiger partial charge in [-0.05, 0) is 75.5 Å². The number of Topliss-reactive ketones (excluding diaryl/α,β-unsaturated/α-hetero) is 3. The molecule has 3 nitrogen and oxygen atoms in total. The number of ketones is 3. The van der Waals surface area contributed by atoms with Gasteiger partial charge < -0.3 is 0 Å². The summed E-state index contributed by atoms with van der Waals surface area (Å²) in [4.78, 5) is 35.5. The smallest absolute Gasteiger partial charge is 0.140 e. The van der Waals surface area contributed by atoms with Gasteiger partial charge in [0.15, 0.2) is 0 Å². The SMILES string of the molecule is CC(=O)C(CC(=O)CC12CC3CC(CC(C3)C1)C2)C(C)=O. The molecule has 0 radical (unpaired) electrons. The highest BCUT2D eigenvalue weighted by molar-refractivity contribution is 6.03. The molecule has 4 aliphatic carbocycles. The Morgan fingerprint density at radius 3 is 1.71 bits per heavy atom. The van der Waals surface area contributed by atoms with Crippen molar-refractivity contribution < 1.29 is 14.4 Å². The van der Waals surface area contributed by atoms with Gasteiger partial charge in [0.1, 0.15) is 17.3 Å². The molecule has 0 saturated heterocycles. The maximum atomic E-state index is 12.4. The molecule has 4 bridgehead atoms. The molecule has 0 spiro atoms. The standard InChI is InChI=1S/C18H26O3/c1-11(19)17(12(2)20)6-16(21)10-18-7-13-3-14(8-18)5-15(4-13)9-18/h13-15,17H,3-10H2,1-2H3. The van der Waals surface area contributed by atoms with E-state index in [4.69, 9.17) is 0 Å². The molecule has 0 heterocycles. The van der Waals surface area contributed by atoms with E-state index in [2.05, 4.69) is 0 Å². The van der Waals surface area contributed by atoms with E-state index in [-0.39, 0.29) is 29.2 Å². The van der Waals surface area contributed by atoms with Crippen molar-refractivity contribution in [1.29, 1.82) is 0 Å². The monoisotopic (exact) mass is 290 g/mol. The Labute approximate surface area is 126 Å². The van der Waals surface area contributed by atoms with E-state index < -0.39 is 5.92 Å². The lowest BCUT2D eigenvalue weighted by atomic mass is 9.48. The van der Waals surface area contributed by atoms with Crippen LogP contribution in [0.5, 0.6) is 0 Å². The fourth-order valence-electron chi connectivity index (χ4n) is 5.80. The minimum atomic E-state index is -0.702. The largest absolute Gasteiger partial charge is 0.300 e. The van der Waals surface area contributed by atoms with Crippen molar-refractivity contribution in [2.75, 3.05) is 0 Å².